The van der Waals surface area contributed by atoms with Crippen LogP contribution in [0, 0.1) is 5.92 Å². The fraction of sp³-hybridized carbons (Fsp3) is 0.312. The van der Waals surface area contributed by atoms with E-state index in [4.69, 9.17) is 0 Å². The maximum absolute atomic E-state index is 12.5. The summed E-state index contributed by atoms with van der Waals surface area (Å²) in [6, 6.07) is 13.2. The number of rotatable bonds is 3. The summed E-state index contributed by atoms with van der Waals surface area (Å²) < 4.78 is 2.05. The number of hydrogen-bond donors (Lipinski definition) is 1. The molecule has 0 fully saturated rings. The molecule has 1 aliphatic rings. The number of carbonyl (C=O) groups is 1. The van der Waals surface area contributed by atoms with Crippen molar-refractivity contribution in [3.8, 4) is 0 Å². The maximum atomic E-state index is 12.5. The Hall–Kier alpha value is -1.87. The third-order valence-corrected chi connectivity index (χ3v) is 3.91. The van der Waals surface area contributed by atoms with Crippen molar-refractivity contribution in [3.63, 3.8) is 0 Å². The monoisotopic (exact) mass is 255 g/mol. The van der Waals surface area contributed by atoms with Gasteiger partial charge in [0.25, 0.3) is 0 Å². The SMILES string of the molecule is CC(O)C1Cc2ccc(C(=O)c3ccccc3)n2C1. The van der Waals surface area contributed by atoms with Gasteiger partial charge in [-0.3, -0.25) is 4.79 Å². The topological polar surface area (TPSA) is 42.2 Å². The van der Waals surface area contributed by atoms with Crippen LogP contribution in [-0.2, 0) is 13.0 Å². The van der Waals surface area contributed by atoms with E-state index in [1.165, 1.54) is 0 Å². The van der Waals surface area contributed by atoms with E-state index in [9.17, 15) is 9.90 Å². The summed E-state index contributed by atoms with van der Waals surface area (Å²) in [7, 11) is 0. The summed E-state index contributed by atoms with van der Waals surface area (Å²) in [4.78, 5) is 12.5. The lowest BCUT2D eigenvalue weighted by Gasteiger charge is -2.12. The van der Waals surface area contributed by atoms with E-state index < -0.39 is 0 Å². The molecule has 2 heterocycles. The number of aliphatic hydroxyl groups excluding tert-OH is 1. The molecule has 2 aromatic rings. The molecule has 1 aliphatic heterocycles. The fourth-order valence-electron chi connectivity index (χ4n) is 2.73. The normalized spacial score (nSPS) is 19.2. The highest BCUT2D eigenvalue weighted by Crippen LogP contribution is 2.27. The Bertz CT molecular complexity index is 598. The number of nitrogens with zero attached hydrogens (tertiary/aromatic N) is 1. The molecule has 3 heteroatoms. The van der Waals surface area contributed by atoms with E-state index >= 15 is 0 Å². The van der Waals surface area contributed by atoms with Gasteiger partial charge in [0.1, 0.15) is 0 Å². The van der Waals surface area contributed by atoms with Crippen molar-refractivity contribution in [2.75, 3.05) is 0 Å². The Morgan fingerprint density at radius 3 is 2.68 bits per heavy atom. The van der Waals surface area contributed by atoms with Crippen LogP contribution in [0.2, 0.25) is 0 Å². The summed E-state index contributed by atoms with van der Waals surface area (Å²) in [6.45, 7) is 2.55. The van der Waals surface area contributed by atoms with E-state index in [-0.39, 0.29) is 17.8 Å². The van der Waals surface area contributed by atoms with Gasteiger partial charge in [-0.2, -0.15) is 0 Å². The van der Waals surface area contributed by atoms with Crippen LogP contribution in [0.4, 0.5) is 0 Å². The minimum Gasteiger partial charge on any atom is -0.393 e. The zero-order valence-electron chi connectivity index (χ0n) is 10.9. The molecule has 1 aromatic carbocycles. The number of aliphatic hydroxyl groups is 1. The van der Waals surface area contributed by atoms with Crippen molar-refractivity contribution in [3.05, 3.63) is 59.4 Å². The Morgan fingerprint density at radius 2 is 2.00 bits per heavy atom. The number of fused-ring (bicyclic) bond motifs is 1. The van der Waals surface area contributed by atoms with Gasteiger partial charge in [-0.25, -0.2) is 0 Å². The first-order valence-electron chi connectivity index (χ1n) is 6.63. The van der Waals surface area contributed by atoms with Gasteiger partial charge in [-0.1, -0.05) is 30.3 Å². The van der Waals surface area contributed by atoms with Crippen LogP contribution in [0.25, 0.3) is 0 Å². The minimum atomic E-state index is -0.334. The number of hydrogen-bond acceptors (Lipinski definition) is 2. The third-order valence-electron chi connectivity index (χ3n) is 3.91. The lowest BCUT2D eigenvalue weighted by atomic mass is 10.0. The summed E-state index contributed by atoms with van der Waals surface area (Å²) >= 11 is 0. The van der Waals surface area contributed by atoms with E-state index in [1.54, 1.807) is 0 Å². The molecule has 0 spiro atoms. The molecule has 3 nitrogen and oxygen atoms in total. The second kappa shape index (κ2) is 4.67. The van der Waals surface area contributed by atoms with Crippen molar-refractivity contribution in [2.45, 2.75) is 26.0 Å². The lowest BCUT2D eigenvalue weighted by Crippen LogP contribution is -2.19. The van der Waals surface area contributed by atoms with Crippen molar-refractivity contribution >= 4 is 5.78 Å². The molecule has 0 radical (unpaired) electrons. The second-order valence-electron chi connectivity index (χ2n) is 5.22. The van der Waals surface area contributed by atoms with E-state index in [0.29, 0.717) is 5.56 Å². The molecule has 0 saturated heterocycles. The molecule has 2 unspecified atom stereocenters. The van der Waals surface area contributed by atoms with Crippen molar-refractivity contribution in [1.29, 1.82) is 0 Å². The summed E-state index contributed by atoms with van der Waals surface area (Å²) in [6.07, 6.45) is 0.513. The van der Waals surface area contributed by atoms with E-state index in [1.807, 2.05) is 54.0 Å². The number of benzene rings is 1. The summed E-state index contributed by atoms with van der Waals surface area (Å²) in [5.41, 5.74) is 2.58. The molecule has 0 aliphatic carbocycles. The van der Waals surface area contributed by atoms with Gasteiger partial charge in [0.05, 0.1) is 11.8 Å². The zero-order chi connectivity index (χ0) is 13.4. The van der Waals surface area contributed by atoms with Crippen LogP contribution in [0.3, 0.4) is 0 Å². The molecule has 98 valence electrons. The number of carbonyl (C=O) groups excluding carboxylic acids is 1. The quantitative estimate of drug-likeness (QED) is 0.855. The standard InChI is InChI=1S/C16H17NO2/c1-11(18)13-9-14-7-8-15(17(14)10-13)16(19)12-5-3-2-4-6-12/h2-8,11,13,18H,9-10H2,1H3. The van der Waals surface area contributed by atoms with Gasteiger partial charge >= 0.3 is 0 Å². The highest BCUT2D eigenvalue weighted by atomic mass is 16.3. The molecule has 1 aromatic heterocycles. The van der Waals surface area contributed by atoms with Gasteiger partial charge in [0.2, 0.25) is 5.78 Å². The molecular weight excluding hydrogens is 238 g/mol. The highest BCUT2D eigenvalue weighted by Gasteiger charge is 2.28. The van der Waals surface area contributed by atoms with Crippen LogP contribution in [0.5, 0.6) is 0 Å². The van der Waals surface area contributed by atoms with Gasteiger partial charge in [-0.05, 0) is 25.5 Å². The van der Waals surface area contributed by atoms with Crippen molar-refractivity contribution in [2.24, 2.45) is 5.92 Å². The van der Waals surface area contributed by atoms with Crippen molar-refractivity contribution in [1.82, 2.24) is 4.57 Å². The van der Waals surface area contributed by atoms with Crippen molar-refractivity contribution < 1.29 is 9.90 Å². The zero-order valence-corrected chi connectivity index (χ0v) is 10.9. The van der Waals surface area contributed by atoms with Crippen LogP contribution < -0.4 is 0 Å². The first-order chi connectivity index (χ1) is 9.16. The Morgan fingerprint density at radius 1 is 1.26 bits per heavy atom. The highest BCUT2D eigenvalue weighted by molar-refractivity contribution is 6.08. The molecule has 0 amide bonds. The Labute approximate surface area is 112 Å². The molecule has 0 saturated carbocycles. The van der Waals surface area contributed by atoms with Crippen LogP contribution in [-0.4, -0.2) is 21.6 Å². The lowest BCUT2D eigenvalue weighted by molar-refractivity contribution is 0.102. The first kappa shape index (κ1) is 12.2. The molecular formula is C16H17NO2. The average molecular weight is 255 g/mol. The third kappa shape index (κ3) is 2.10. The Kier molecular flexibility index (Phi) is 2.99. The first-order valence-corrected chi connectivity index (χ1v) is 6.63. The molecule has 3 rings (SSSR count). The van der Waals surface area contributed by atoms with Crippen LogP contribution in [0.15, 0.2) is 42.5 Å². The number of aromatic nitrogens is 1. The average Bonchev–Trinajstić information content (AvgIpc) is 2.98. The summed E-state index contributed by atoms with van der Waals surface area (Å²) in [5.74, 6) is 0.275. The molecule has 0 bridgehead atoms. The Balaban J connectivity index is 1.91. The van der Waals surface area contributed by atoms with Gasteiger partial charge in [0.15, 0.2) is 0 Å². The smallest absolute Gasteiger partial charge is 0.209 e. The van der Waals surface area contributed by atoms with Gasteiger partial charge in [0, 0.05) is 23.7 Å². The van der Waals surface area contributed by atoms with E-state index in [2.05, 4.69) is 0 Å². The van der Waals surface area contributed by atoms with Crippen LogP contribution in [0.1, 0.15) is 28.7 Å². The molecule has 2 atom stereocenters. The van der Waals surface area contributed by atoms with E-state index in [0.717, 1.165) is 24.4 Å². The van der Waals surface area contributed by atoms with Gasteiger partial charge in [-0.15, -0.1) is 0 Å². The molecule has 19 heavy (non-hydrogen) atoms. The summed E-state index contributed by atoms with van der Waals surface area (Å²) in [5, 5.41) is 9.69. The number of ketones is 1. The second-order valence-corrected chi connectivity index (χ2v) is 5.22. The fourth-order valence-corrected chi connectivity index (χ4v) is 2.73. The maximum Gasteiger partial charge on any atom is 0.209 e. The molecule has 1 N–H and O–H groups in total. The predicted molar refractivity (Wildman–Crippen MR) is 73.2 cm³/mol. The minimum absolute atomic E-state index is 0.0538. The van der Waals surface area contributed by atoms with Gasteiger partial charge < -0.3 is 9.67 Å². The predicted octanol–water partition coefficient (Wildman–Crippen LogP) is 2.27. The van der Waals surface area contributed by atoms with Crippen LogP contribution >= 0.6 is 0 Å². The largest absolute Gasteiger partial charge is 0.393 e.